The van der Waals surface area contributed by atoms with Crippen LogP contribution in [0, 0.1) is 0 Å². The van der Waals surface area contributed by atoms with Crippen LogP contribution in [-0.2, 0) is 10.0 Å². The van der Waals surface area contributed by atoms with Gasteiger partial charge in [-0.3, -0.25) is 9.69 Å². The van der Waals surface area contributed by atoms with Crippen LogP contribution in [0.4, 0.5) is 0 Å². The Hall–Kier alpha value is -1.52. The molecular weight excluding hydrogens is 310 g/mol. The van der Waals surface area contributed by atoms with Gasteiger partial charge in [-0.1, -0.05) is 5.16 Å². The number of sulfonamides is 1. The van der Waals surface area contributed by atoms with Crippen molar-refractivity contribution in [2.75, 3.05) is 25.4 Å². The maximum atomic E-state index is 11.3. The molecule has 0 bridgehead atoms. The van der Waals surface area contributed by atoms with Crippen LogP contribution >= 0.6 is 0 Å². The van der Waals surface area contributed by atoms with Crippen LogP contribution in [0.5, 0.6) is 0 Å². The van der Waals surface area contributed by atoms with E-state index < -0.39 is 15.9 Å². The number of carbonyl (C=O) groups is 1. The summed E-state index contributed by atoms with van der Waals surface area (Å²) >= 11 is 0. The lowest BCUT2D eigenvalue weighted by Crippen LogP contribution is -2.30. The Bertz CT molecular complexity index is 615. The Kier molecular flexibility index (Phi) is 5.48. The van der Waals surface area contributed by atoms with E-state index in [1.165, 1.54) is 0 Å². The molecule has 124 valence electrons. The Labute approximate surface area is 129 Å². The minimum atomic E-state index is -3.15. The number of carbonyl (C=O) groups excluding carboxylic acids is 1. The first kappa shape index (κ1) is 16.8. The fraction of sp³-hybridized carbons (Fsp3) is 0.750. The first-order valence-corrected chi connectivity index (χ1v) is 8.93. The third-order valence-electron chi connectivity index (χ3n) is 3.63. The Balaban J connectivity index is 1.86. The van der Waals surface area contributed by atoms with Crippen molar-refractivity contribution in [2.24, 2.45) is 5.73 Å². The lowest BCUT2D eigenvalue weighted by atomic mass is 10.2. The van der Waals surface area contributed by atoms with Crippen LogP contribution in [0.25, 0.3) is 0 Å². The number of rotatable bonds is 8. The molecule has 1 amide bonds. The Morgan fingerprint density at radius 1 is 1.55 bits per heavy atom. The summed E-state index contributed by atoms with van der Waals surface area (Å²) in [5, 5.41) is 3.56. The van der Waals surface area contributed by atoms with E-state index >= 15 is 0 Å². The second kappa shape index (κ2) is 7.16. The molecule has 0 radical (unpaired) electrons. The molecule has 2 heterocycles. The lowest BCUT2D eigenvalue weighted by molar-refractivity contribution is 0.0987. The summed E-state index contributed by atoms with van der Waals surface area (Å²) in [5.41, 5.74) is 5.11. The standard InChI is InChI=1S/C12H21N5O4S/c1-2-22(19,20)14-6-4-8-17-7-3-5-9(17)12-15-11(10(13)18)16-21-12/h9,14H,2-8H2,1H3,(H2,13,18)/t9-/m1/s1. The zero-order valence-corrected chi connectivity index (χ0v) is 13.3. The number of aromatic nitrogens is 2. The number of likely N-dealkylation sites (tertiary alicyclic amines) is 1. The predicted molar refractivity (Wildman–Crippen MR) is 78.4 cm³/mol. The molecule has 1 aromatic rings. The van der Waals surface area contributed by atoms with Gasteiger partial charge in [-0.25, -0.2) is 13.1 Å². The van der Waals surface area contributed by atoms with E-state index in [1.54, 1.807) is 6.92 Å². The first-order chi connectivity index (χ1) is 10.4. The van der Waals surface area contributed by atoms with Crippen LogP contribution in [0.1, 0.15) is 48.7 Å². The van der Waals surface area contributed by atoms with Crippen molar-refractivity contribution in [3.8, 4) is 0 Å². The highest BCUT2D eigenvalue weighted by molar-refractivity contribution is 7.89. The number of hydrogen-bond donors (Lipinski definition) is 2. The van der Waals surface area contributed by atoms with E-state index in [1.807, 2.05) is 0 Å². The van der Waals surface area contributed by atoms with Gasteiger partial charge in [0, 0.05) is 13.1 Å². The molecule has 1 aliphatic heterocycles. The molecule has 22 heavy (non-hydrogen) atoms. The molecule has 0 unspecified atom stereocenters. The number of hydrogen-bond acceptors (Lipinski definition) is 7. The first-order valence-electron chi connectivity index (χ1n) is 7.27. The quantitative estimate of drug-likeness (QED) is 0.621. The fourth-order valence-electron chi connectivity index (χ4n) is 2.46. The van der Waals surface area contributed by atoms with Crippen molar-refractivity contribution in [1.29, 1.82) is 0 Å². The maximum absolute atomic E-state index is 11.3. The second-order valence-corrected chi connectivity index (χ2v) is 7.26. The zero-order valence-electron chi connectivity index (χ0n) is 12.5. The van der Waals surface area contributed by atoms with E-state index in [0.717, 1.165) is 19.4 Å². The molecule has 1 aliphatic rings. The number of amides is 1. The summed E-state index contributed by atoms with van der Waals surface area (Å²) in [7, 11) is -3.15. The fourth-order valence-corrected chi connectivity index (χ4v) is 3.12. The van der Waals surface area contributed by atoms with Gasteiger partial charge in [0.1, 0.15) is 0 Å². The van der Waals surface area contributed by atoms with Crippen molar-refractivity contribution < 1.29 is 17.7 Å². The molecule has 1 saturated heterocycles. The van der Waals surface area contributed by atoms with Gasteiger partial charge < -0.3 is 10.3 Å². The van der Waals surface area contributed by atoms with E-state index in [4.69, 9.17) is 10.3 Å². The maximum Gasteiger partial charge on any atom is 0.290 e. The zero-order chi connectivity index (χ0) is 16.2. The highest BCUT2D eigenvalue weighted by Crippen LogP contribution is 2.30. The SMILES string of the molecule is CCS(=O)(=O)NCCCN1CCC[C@@H]1c1nc(C(N)=O)no1. The number of nitrogens with zero attached hydrogens (tertiary/aromatic N) is 3. The Morgan fingerprint density at radius 2 is 2.32 bits per heavy atom. The number of nitrogens with one attached hydrogen (secondary N) is 1. The Morgan fingerprint density at radius 3 is 2.95 bits per heavy atom. The van der Waals surface area contributed by atoms with Gasteiger partial charge in [0.05, 0.1) is 11.8 Å². The number of nitrogens with two attached hydrogens (primary N) is 1. The van der Waals surface area contributed by atoms with E-state index in [2.05, 4.69) is 19.8 Å². The molecule has 9 nitrogen and oxygen atoms in total. The average Bonchev–Trinajstić information content (AvgIpc) is 3.12. The van der Waals surface area contributed by atoms with Gasteiger partial charge in [0.2, 0.25) is 15.9 Å². The van der Waals surface area contributed by atoms with Crippen LogP contribution in [-0.4, -0.2) is 54.8 Å². The molecular formula is C12H21N5O4S. The van der Waals surface area contributed by atoms with Crippen molar-refractivity contribution in [1.82, 2.24) is 19.8 Å². The summed E-state index contributed by atoms with van der Waals surface area (Å²) < 4.78 is 30.3. The second-order valence-electron chi connectivity index (χ2n) is 5.17. The molecule has 0 spiro atoms. The minimum absolute atomic E-state index is 0.0385. The van der Waals surface area contributed by atoms with Gasteiger partial charge in [-0.15, -0.1) is 0 Å². The molecule has 1 fully saturated rings. The van der Waals surface area contributed by atoms with Crippen molar-refractivity contribution in [2.45, 2.75) is 32.2 Å². The van der Waals surface area contributed by atoms with E-state index in [0.29, 0.717) is 25.4 Å². The summed E-state index contributed by atoms with van der Waals surface area (Å²) in [5.74, 6) is -0.358. The normalized spacial score (nSPS) is 19.6. The molecule has 1 atom stereocenters. The molecule has 0 saturated carbocycles. The summed E-state index contributed by atoms with van der Waals surface area (Å²) in [6, 6.07) is -0.0385. The molecule has 0 aromatic carbocycles. The lowest BCUT2D eigenvalue weighted by Gasteiger charge is -2.21. The average molecular weight is 331 g/mol. The van der Waals surface area contributed by atoms with Crippen molar-refractivity contribution in [3.63, 3.8) is 0 Å². The predicted octanol–water partition coefficient (Wildman–Crippen LogP) is -0.365. The van der Waals surface area contributed by atoms with Gasteiger partial charge in [-0.05, 0) is 32.7 Å². The largest absolute Gasteiger partial charge is 0.363 e. The third kappa shape index (κ3) is 4.24. The third-order valence-corrected chi connectivity index (χ3v) is 5.04. The summed E-state index contributed by atoms with van der Waals surface area (Å²) in [4.78, 5) is 17.2. The monoisotopic (exact) mass is 331 g/mol. The molecule has 1 aromatic heterocycles. The van der Waals surface area contributed by atoms with E-state index in [-0.39, 0.29) is 17.6 Å². The van der Waals surface area contributed by atoms with Crippen molar-refractivity contribution >= 4 is 15.9 Å². The molecule has 0 aliphatic carbocycles. The summed E-state index contributed by atoms with van der Waals surface area (Å²) in [6.07, 6.45) is 2.53. The highest BCUT2D eigenvalue weighted by atomic mass is 32.2. The van der Waals surface area contributed by atoms with E-state index in [9.17, 15) is 13.2 Å². The van der Waals surface area contributed by atoms with Gasteiger partial charge in [0.25, 0.3) is 11.7 Å². The van der Waals surface area contributed by atoms with Crippen LogP contribution in [0.2, 0.25) is 0 Å². The minimum Gasteiger partial charge on any atom is -0.363 e. The van der Waals surface area contributed by atoms with Crippen molar-refractivity contribution in [3.05, 3.63) is 11.7 Å². The van der Waals surface area contributed by atoms with Crippen LogP contribution < -0.4 is 10.5 Å². The van der Waals surface area contributed by atoms with Crippen LogP contribution in [0.15, 0.2) is 4.52 Å². The molecule has 2 rings (SSSR count). The van der Waals surface area contributed by atoms with Gasteiger partial charge in [-0.2, -0.15) is 4.98 Å². The molecule has 10 heteroatoms. The number of primary amides is 1. The molecule has 3 N–H and O–H groups in total. The van der Waals surface area contributed by atoms with Gasteiger partial charge in [0.15, 0.2) is 0 Å². The highest BCUT2D eigenvalue weighted by Gasteiger charge is 2.30. The topological polar surface area (TPSA) is 131 Å². The summed E-state index contributed by atoms with van der Waals surface area (Å²) in [6.45, 7) is 3.59. The van der Waals surface area contributed by atoms with Crippen LogP contribution in [0.3, 0.4) is 0 Å². The smallest absolute Gasteiger partial charge is 0.290 e. The van der Waals surface area contributed by atoms with Gasteiger partial charge >= 0.3 is 0 Å².